The minimum Gasteiger partial charge on any atom is -0.476 e. The fourth-order valence-corrected chi connectivity index (χ4v) is 3.82. The lowest BCUT2D eigenvalue weighted by Crippen LogP contribution is -2.53. The van der Waals surface area contributed by atoms with E-state index < -0.39 is 17.4 Å². The second-order valence-corrected chi connectivity index (χ2v) is 8.28. The molecule has 1 aliphatic heterocycles. The number of rotatable bonds is 11. The van der Waals surface area contributed by atoms with Crippen molar-refractivity contribution in [1.82, 2.24) is 15.2 Å². The quantitative estimate of drug-likeness (QED) is 0.341. The van der Waals surface area contributed by atoms with Crippen LogP contribution in [0.25, 0.3) is 0 Å². The van der Waals surface area contributed by atoms with Crippen LogP contribution in [0.4, 0.5) is 5.69 Å². The second-order valence-electron chi connectivity index (χ2n) is 8.28. The summed E-state index contributed by atoms with van der Waals surface area (Å²) in [6.07, 6.45) is 1.64. The number of aliphatic hydroxyl groups is 1. The zero-order chi connectivity index (χ0) is 23.3. The molecule has 3 N–H and O–H groups in total. The zero-order valence-corrected chi connectivity index (χ0v) is 18.7. The minimum absolute atomic E-state index is 0.115. The maximum Gasteiger partial charge on any atom is 0.355 e. The first-order valence-corrected chi connectivity index (χ1v) is 10.9. The van der Waals surface area contributed by atoms with E-state index in [2.05, 4.69) is 25.2 Å². The maximum absolute atomic E-state index is 13.0. The van der Waals surface area contributed by atoms with Gasteiger partial charge in [-0.25, -0.2) is 4.98 Å². The first kappa shape index (κ1) is 23.8. The lowest BCUT2D eigenvalue weighted by molar-refractivity contribution is -0.124. The molecule has 3 rings (SSSR count). The van der Waals surface area contributed by atoms with Gasteiger partial charge in [-0.2, -0.15) is 0 Å². The van der Waals surface area contributed by atoms with Crippen molar-refractivity contribution in [2.75, 3.05) is 38.3 Å². The predicted molar refractivity (Wildman–Crippen MR) is 114 cm³/mol. The first-order valence-electron chi connectivity index (χ1n) is 10.9. The number of carbonyl (C=O) groups excluding carboxylic acids is 2. The van der Waals surface area contributed by atoms with E-state index in [-0.39, 0.29) is 30.2 Å². The van der Waals surface area contributed by atoms with Crippen LogP contribution < -0.4 is 19.9 Å². The first-order chi connectivity index (χ1) is 15.4. The molecule has 1 aliphatic carbocycles. The lowest BCUT2D eigenvalue weighted by Gasteiger charge is -2.40. The number of nitrogens with zero attached hydrogens (tertiary/aromatic N) is 4. The van der Waals surface area contributed by atoms with Crippen LogP contribution in [0.5, 0.6) is 5.88 Å². The van der Waals surface area contributed by atoms with Crippen LogP contribution in [-0.4, -0.2) is 67.0 Å². The molecule has 11 heteroatoms. The van der Waals surface area contributed by atoms with Crippen molar-refractivity contribution in [3.8, 4) is 5.88 Å². The van der Waals surface area contributed by atoms with Crippen molar-refractivity contribution in [3.05, 3.63) is 17.8 Å². The van der Waals surface area contributed by atoms with Gasteiger partial charge in [-0.15, -0.1) is 0 Å². The average molecular weight is 448 g/mol. The van der Waals surface area contributed by atoms with Crippen LogP contribution in [-0.2, 0) is 9.53 Å². The van der Waals surface area contributed by atoms with Crippen LogP contribution in [0, 0.1) is 17.4 Å². The van der Waals surface area contributed by atoms with E-state index in [1.807, 2.05) is 0 Å². The van der Waals surface area contributed by atoms with Gasteiger partial charge in [-0.05, 0) is 43.2 Å². The largest absolute Gasteiger partial charge is 0.476 e. The smallest absolute Gasteiger partial charge is 0.355 e. The molecule has 1 aromatic rings. The summed E-state index contributed by atoms with van der Waals surface area (Å²) in [6, 6.07) is 3.38. The number of carbonyl (C=O) groups is 2. The molecule has 174 valence electrons. The summed E-state index contributed by atoms with van der Waals surface area (Å²) in [7, 11) is 1.67. The van der Waals surface area contributed by atoms with Crippen molar-refractivity contribution in [2.24, 2.45) is 17.0 Å². The highest BCUT2D eigenvalue weighted by molar-refractivity contribution is 5.98. The van der Waals surface area contributed by atoms with Crippen LogP contribution in [0.1, 0.15) is 43.6 Å². The number of hydrogen-bond acceptors (Lipinski definition) is 8. The van der Waals surface area contributed by atoms with E-state index in [1.54, 1.807) is 33.1 Å². The summed E-state index contributed by atoms with van der Waals surface area (Å²) in [4.78, 5) is 34.7. The molecule has 11 nitrogen and oxygen atoms in total. The summed E-state index contributed by atoms with van der Waals surface area (Å²) in [5.41, 5.74) is 6.46. The highest BCUT2D eigenvalue weighted by atomic mass is 16.5. The Kier molecular flexibility index (Phi) is 7.55. The number of amides is 2. The van der Waals surface area contributed by atoms with Gasteiger partial charge in [0.1, 0.15) is 22.5 Å². The summed E-state index contributed by atoms with van der Waals surface area (Å²) in [5.74, 6) is -0.341. The number of anilines is 1. The second kappa shape index (κ2) is 10.2. The van der Waals surface area contributed by atoms with E-state index in [1.165, 1.54) is 0 Å². The fourth-order valence-electron chi connectivity index (χ4n) is 3.82. The van der Waals surface area contributed by atoms with E-state index in [0.29, 0.717) is 38.4 Å². The zero-order valence-electron chi connectivity index (χ0n) is 18.7. The summed E-state index contributed by atoms with van der Waals surface area (Å²) in [5, 5.41) is 15.3. The average Bonchev–Trinajstić information content (AvgIpc) is 3.54. The van der Waals surface area contributed by atoms with Crippen molar-refractivity contribution in [2.45, 2.75) is 44.8 Å². The highest BCUT2D eigenvalue weighted by Crippen LogP contribution is 2.39. The van der Waals surface area contributed by atoms with E-state index >= 15 is 0 Å². The number of ether oxygens (including phenoxy) is 2. The van der Waals surface area contributed by atoms with Gasteiger partial charge in [0.25, 0.3) is 5.91 Å². The third-order valence-corrected chi connectivity index (χ3v) is 6.44. The Hall–Kier alpha value is -2.88. The number of pyridine rings is 1. The van der Waals surface area contributed by atoms with Crippen molar-refractivity contribution in [3.63, 3.8) is 0 Å². The number of hydrogen-bond donors (Lipinski definition) is 3. The molecule has 2 atom stereocenters. The summed E-state index contributed by atoms with van der Waals surface area (Å²) in [6.45, 7) is 5.46. The van der Waals surface area contributed by atoms with Gasteiger partial charge in [0.2, 0.25) is 10.8 Å². The van der Waals surface area contributed by atoms with Gasteiger partial charge in [-0.1, -0.05) is 13.8 Å². The van der Waals surface area contributed by atoms with Crippen LogP contribution in [0.2, 0.25) is 0 Å². The van der Waals surface area contributed by atoms with Crippen LogP contribution >= 0.6 is 0 Å². The molecular formula is C21H31N6O5+. The Morgan fingerprint density at radius 2 is 2.06 bits per heavy atom. The number of nitrogens with one attached hydrogen (secondary N) is 2. The molecule has 0 spiro atoms. The van der Waals surface area contributed by atoms with E-state index in [4.69, 9.17) is 15.0 Å². The molecule has 2 amide bonds. The molecule has 2 aliphatic rings. The highest BCUT2D eigenvalue weighted by Gasteiger charge is 2.41. The number of methoxy groups -OCH3 is 1. The monoisotopic (exact) mass is 447 g/mol. The van der Waals surface area contributed by atoms with Gasteiger partial charge in [0, 0.05) is 26.8 Å². The Morgan fingerprint density at radius 1 is 1.34 bits per heavy atom. The van der Waals surface area contributed by atoms with Crippen molar-refractivity contribution in [1.29, 1.82) is 5.53 Å². The molecule has 1 aromatic heterocycles. The van der Waals surface area contributed by atoms with Gasteiger partial charge < -0.3 is 24.8 Å². The number of aromatic nitrogens is 1. The van der Waals surface area contributed by atoms with Gasteiger partial charge >= 0.3 is 5.91 Å². The standard InChI is InChI=1S/C21H30N6O5/c1-4-21(5-2,20(30)25-26-22)24-18(29)16-6-7-17(27-9-15(10-27)31-3)19(23-16)32-12-14-8-13(14)11-28/h6-7,13-15,22,28H,4-5,8-12H2,1-3H3/p+1/t13-,14-/m1/s1. The predicted octanol–water partition coefficient (Wildman–Crippen LogP) is 1.29. The van der Waals surface area contributed by atoms with E-state index in [0.717, 1.165) is 12.1 Å². The maximum atomic E-state index is 13.0. The van der Waals surface area contributed by atoms with Crippen molar-refractivity contribution >= 4 is 17.5 Å². The number of aliphatic hydroxyl groups excluding tert-OH is 1. The Bertz CT molecular complexity index is 893. The third kappa shape index (κ3) is 4.95. The summed E-state index contributed by atoms with van der Waals surface area (Å²) < 4.78 is 11.3. The van der Waals surface area contributed by atoms with E-state index in [9.17, 15) is 14.7 Å². The lowest BCUT2D eigenvalue weighted by atomic mass is 9.91. The molecule has 2 heterocycles. The minimum atomic E-state index is -1.26. The molecule has 2 fully saturated rings. The molecule has 32 heavy (non-hydrogen) atoms. The topological polar surface area (TPSA) is 151 Å². The molecular weight excluding hydrogens is 416 g/mol. The normalized spacial score (nSPS) is 20.2. The molecule has 0 radical (unpaired) electrons. The van der Waals surface area contributed by atoms with Crippen molar-refractivity contribution < 1.29 is 24.2 Å². The Balaban J connectivity index is 1.80. The van der Waals surface area contributed by atoms with Gasteiger partial charge in [0.15, 0.2) is 5.11 Å². The van der Waals surface area contributed by atoms with Gasteiger partial charge in [-0.3, -0.25) is 9.59 Å². The third-order valence-electron chi connectivity index (χ3n) is 6.44. The fraction of sp³-hybridized carbons (Fsp3) is 0.667. The Labute approximate surface area is 186 Å². The van der Waals surface area contributed by atoms with Crippen LogP contribution in [0.3, 0.4) is 0 Å². The molecule has 0 unspecified atom stereocenters. The molecule has 0 aromatic carbocycles. The molecule has 0 bridgehead atoms. The molecule has 1 saturated carbocycles. The Morgan fingerprint density at radius 3 is 2.62 bits per heavy atom. The van der Waals surface area contributed by atoms with Gasteiger partial charge in [0.05, 0.1) is 12.7 Å². The summed E-state index contributed by atoms with van der Waals surface area (Å²) >= 11 is 0. The SMILES string of the molecule is CCC(CC)(NC(=O)c1ccc(N2CC(OC)C2)c(OC[C@H]2C[C@@H]2CO)n1)C(=O)N=[N+]=N. The van der Waals surface area contributed by atoms with Crippen LogP contribution in [0.15, 0.2) is 17.2 Å². The molecule has 1 saturated heterocycles.